The van der Waals surface area contributed by atoms with Gasteiger partial charge in [0.15, 0.2) is 0 Å². The van der Waals surface area contributed by atoms with Gasteiger partial charge in [-0.05, 0) is 25.7 Å². The van der Waals surface area contributed by atoms with Crippen molar-refractivity contribution >= 4 is 0 Å². The number of rotatable bonds is 18. The molecule has 0 bridgehead atoms. The number of unbranched alkanes of at least 4 members (excludes halogenated alkanes) is 14. The van der Waals surface area contributed by atoms with Gasteiger partial charge in [0.2, 0.25) is 0 Å². The van der Waals surface area contributed by atoms with Crippen LogP contribution in [0, 0.1) is 0 Å². The highest BCUT2D eigenvalue weighted by Gasteiger charge is 2.13. The molecular weight excluding hydrogens is 306 g/mol. The molecule has 0 radical (unpaired) electrons. The molecule has 0 amide bonds. The third-order valence-corrected chi connectivity index (χ3v) is 5.23. The molecule has 25 heavy (non-hydrogen) atoms. The van der Waals surface area contributed by atoms with Gasteiger partial charge in [0, 0.05) is 0 Å². The maximum Gasteiger partial charge on any atom is 0.0782 e. The van der Waals surface area contributed by atoms with Gasteiger partial charge in [0.05, 0.1) is 27.2 Å². The summed E-state index contributed by atoms with van der Waals surface area (Å²) in [6.07, 6.45) is 23.0. The summed E-state index contributed by atoms with van der Waals surface area (Å²) < 4.78 is 1.24. The summed E-state index contributed by atoms with van der Waals surface area (Å²) in [6, 6.07) is 0. The molecule has 3 heteroatoms. The summed E-state index contributed by atoms with van der Waals surface area (Å²) in [5, 5.41) is 0. The van der Waals surface area contributed by atoms with Crippen LogP contribution in [0.1, 0.15) is 117 Å². The van der Waals surface area contributed by atoms with Crippen molar-refractivity contribution in [1.29, 1.82) is 0 Å². The Morgan fingerprint density at radius 2 is 0.640 bits per heavy atom. The summed E-state index contributed by atoms with van der Waals surface area (Å²) in [5.41, 5.74) is 0. The zero-order valence-corrected chi connectivity index (χ0v) is 18.6. The predicted molar refractivity (Wildman–Crippen MR) is 117 cm³/mol. The lowest BCUT2D eigenvalue weighted by molar-refractivity contribution is -0.890. The Kier molecular flexibility index (Phi) is 26.0. The highest BCUT2D eigenvalue weighted by atomic mass is 15.3. The molecule has 0 aromatic carbocycles. The number of hydrogen-bond acceptors (Lipinski definition) is 2. The molecule has 0 unspecified atom stereocenters. The first-order valence-corrected chi connectivity index (χ1v) is 10.9. The minimum Gasteiger partial charge on any atom is -0.344 e. The molecule has 0 atom stereocenters. The van der Waals surface area contributed by atoms with E-state index in [9.17, 15) is 0 Å². The van der Waals surface area contributed by atoms with Crippen molar-refractivity contribution in [2.24, 2.45) is 0 Å². The van der Waals surface area contributed by atoms with Crippen LogP contribution in [0.3, 0.4) is 0 Å². The second-order valence-electron chi connectivity index (χ2n) is 8.33. The van der Waals surface area contributed by atoms with Gasteiger partial charge in [0.1, 0.15) is 0 Å². The van der Waals surface area contributed by atoms with Crippen molar-refractivity contribution in [2.45, 2.75) is 117 Å². The molecule has 0 fully saturated rings. The summed E-state index contributed by atoms with van der Waals surface area (Å²) >= 11 is 0. The Morgan fingerprint density at radius 3 is 0.920 bits per heavy atom. The molecule has 0 saturated carbocycles. The lowest BCUT2D eigenvalue weighted by Gasteiger charge is -2.30. The second-order valence-corrected chi connectivity index (χ2v) is 8.33. The van der Waals surface area contributed by atoms with E-state index in [2.05, 4.69) is 27.9 Å². The fourth-order valence-corrected chi connectivity index (χ4v) is 3.46. The van der Waals surface area contributed by atoms with Crippen LogP contribution in [0.5, 0.6) is 0 Å². The van der Waals surface area contributed by atoms with Crippen molar-refractivity contribution in [1.82, 2.24) is 12.3 Å². The molecule has 0 spiro atoms. The van der Waals surface area contributed by atoms with Crippen LogP contribution in [-0.2, 0) is 0 Å². The fourth-order valence-electron chi connectivity index (χ4n) is 3.46. The van der Waals surface area contributed by atoms with Crippen LogP contribution in [0.4, 0.5) is 0 Å². The van der Waals surface area contributed by atoms with Crippen LogP contribution < -0.4 is 12.3 Å². The largest absolute Gasteiger partial charge is 0.344 e. The molecule has 3 nitrogen and oxygen atoms in total. The van der Waals surface area contributed by atoms with Crippen LogP contribution in [0.2, 0.25) is 0 Å². The maximum absolute atomic E-state index is 2.43. The highest BCUT2D eigenvalue weighted by molar-refractivity contribution is 4.48. The smallest absolute Gasteiger partial charge is 0.0782 e. The fraction of sp³-hybridized carbons (Fsp3) is 1.00. The molecule has 156 valence electrons. The molecule has 0 aliphatic heterocycles. The maximum atomic E-state index is 2.43. The van der Waals surface area contributed by atoms with E-state index in [1.165, 1.54) is 120 Å². The molecule has 0 saturated heterocycles. The number of nitrogens with zero attached hydrogens (tertiary/aromatic N) is 1. The lowest BCUT2D eigenvalue weighted by Crippen LogP contribution is -2.41. The molecular formula is C22H54N3+. The van der Waals surface area contributed by atoms with Crippen molar-refractivity contribution in [3.05, 3.63) is 0 Å². The average molecular weight is 361 g/mol. The van der Waals surface area contributed by atoms with E-state index < -0.39 is 0 Å². The minimum atomic E-state index is 0. The van der Waals surface area contributed by atoms with Crippen LogP contribution >= 0.6 is 0 Å². The summed E-state index contributed by atoms with van der Waals surface area (Å²) in [6.45, 7) is 7.36. The van der Waals surface area contributed by atoms with E-state index in [1.807, 2.05) is 0 Å². The van der Waals surface area contributed by atoms with Gasteiger partial charge in [-0.1, -0.05) is 90.9 Å². The molecule has 0 aromatic heterocycles. The van der Waals surface area contributed by atoms with Gasteiger partial charge in [-0.2, -0.15) is 0 Å². The standard InChI is InChI=1S/C22H48N.2H3N/c1-5-7-9-11-13-15-17-19-21-23(3,4)22-20-18-16-14-12-10-8-6-2;;/h5-22H2,1-4H3;2*1H3/q+1;;. The Labute approximate surface area is 161 Å². The van der Waals surface area contributed by atoms with Gasteiger partial charge < -0.3 is 16.8 Å². The predicted octanol–water partition coefficient (Wildman–Crippen LogP) is 7.67. The van der Waals surface area contributed by atoms with Crippen LogP contribution in [0.15, 0.2) is 0 Å². The molecule has 6 N–H and O–H groups in total. The Morgan fingerprint density at radius 1 is 0.400 bits per heavy atom. The Bertz CT molecular complexity index is 207. The van der Waals surface area contributed by atoms with E-state index in [4.69, 9.17) is 0 Å². The quantitative estimate of drug-likeness (QED) is 0.194. The first-order valence-electron chi connectivity index (χ1n) is 10.9. The second kappa shape index (κ2) is 21.9. The normalized spacial score (nSPS) is 11.0. The summed E-state index contributed by atoms with van der Waals surface area (Å²) in [7, 11) is 4.87. The zero-order chi connectivity index (χ0) is 17.2. The first-order chi connectivity index (χ1) is 11.1. The summed E-state index contributed by atoms with van der Waals surface area (Å²) in [5.74, 6) is 0. The SMILES string of the molecule is CCCCCCCCCC[N+](C)(C)CCCCCCCCCC.N.N. The van der Waals surface area contributed by atoms with Crippen molar-refractivity contribution in [2.75, 3.05) is 27.2 Å². The number of quaternary nitrogens is 1. The van der Waals surface area contributed by atoms with Gasteiger partial charge in [-0.25, -0.2) is 0 Å². The Balaban J connectivity index is -0.00000242. The van der Waals surface area contributed by atoms with Crippen molar-refractivity contribution in [3.63, 3.8) is 0 Å². The van der Waals surface area contributed by atoms with Crippen molar-refractivity contribution < 1.29 is 4.48 Å². The van der Waals surface area contributed by atoms with E-state index in [0.29, 0.717) is 0 Å². The Hall–Kier alpha value is -0.120. The number of hydrogen-bond donors (Lipinski definition) is 2. The molecule has 0 aromatic rings. The van der Waals surface area contributed by atoms with Gasteiger partial charge in [-0.3, -0.25) is 0 Å². The third kappa shape index (κ3) is 23.9. The van der Waals surface area contributed by atoms with E-state index in [0.717, 1.165) is 0 Å². The lowest BCUT2D eigenvalue weighted by atomic mass is 10.1. The van der Waals surface area contributed by atoms with Gasteiger partial charge >= 0.3 is 0 Å². The van der Waals surface area contributed by atoms with E-state index in [1.54, 1.807) is 0 Å². The zero-order valence-electron chi connectivity index (χ0n) is 18.6. The van der Waals surface area contributed by atoms with Gasteiger partial charge in [0.25, 0.3) is 0 Å². The highest BCUT2D eigenvalue weighted by Crippen LogP contribution is 2.13. The van der Waals surface area contributed by atoms with Crippen LogP contribution in [0.25, 0.3) is 0 Å². The molecule has 0 aliphatic carbocycles. The van der Waals surface area contributed by atoms with Crippen LogP contribution in [-0.4, -0.2) is 31.7 Å². The molecule has 0 aliphatic rings. The van der Waals surface area contributed by atoms with Gasteiger partial charge in [-0.15, -0.1) is 0 Å². The van der Waals surface area contributed by atoms with E-state index in [-0.39, 0.29) is 12.3 Å². The van der Waals surface area contributed by atoms with Crippen molar-refractivity contribution in [3.8, 4) is 0 Å². The minimum absolute atomic E-state index is 0. The first kappa shape index (κ1) is 29.6. The monoisotopic (exact) mass is 360 g/mol. The molecule has 0 heterocycles. The average Bonchev–Trinajstić information content (AvgIpc) is 2.52. The third-order valence-electron chi connectivity index (χ3n) is 5.23. The molecule has 0 rings (SSSR count). The summed E-state index contributed by atoms with van der Waals surface area (Å²) in [4.78, 5) is 0. The van der Waals surface area contributed by atoms with E-state index >= 15 is 0 Å². The topological polar surface area (TPSA) is 70.0 Å².